The Labute approximate surface area is 218 Å². The van der Waals surface area contributed by atoms with Crippen molar-refractivity contribution in [3.63, 3.8) is 0 Å². The van der Waals surface area contributed by atoms with Crippen LogP contribution in [0.25, 0.3) is 0 Å². The summed E-state index contributed by atoms with van der Waals surface area (Å²) in [5, 5.41) is 23.2. The number of rotatable bonds is 5. The quantitative estimate of drug-likeness (QED) is 0.550. The first kappa shape index (κ1) is 27.1. The molecule has 0 aromatic heterocycles. The molecule has 5 aliphatic rings. The predicted molar refractivity (Wildman–Crippen MR) is 141 cm³/mol. The lowest BCUT2D eigenvalue weighted by molar-refractivity contribution is -0.0712. The van der Waals surface area contributed by atoms with E-state index in [1.54, 1.807) is 12.7 Å². The summed E-state index contributed by atoms with van der Waals surface area (Å²) in [7, 11) is 6.14. The number of nitrogens with zero attached hydrogens (tertiary/aromatic N) is 1. The molecular weight excluding hydrogens is 454 g/mol. The van der Waals surface area contributed by atoms with Gasteiger partial charge in [-0.1, -0.05) is 12.5 Å². The molecule has 1 heterocycles. The van der Waals surface area contributed by atoms with Gasteiger partial charge in [0, 0.05) is 13.2 Å². The van der Waals surface area contributed by atoms with Crippen LogP contribution in [0.5, 0.6) is 0 Å². The van der Waals surface area contributed by atoms with Crippen molar-refractivity contribution < 1.29 is 24.4 Å². The van der Waals surface area contributed by atoms with E-state index < -0.39 is 11.7 Å². The molecule has 1 aliphatic heterocycles. The van der Waals surface area contributed by atoms with Crippen LogP contribution in [0.1, 0.15) is 71.1 Å². The predicted octanol–water partition coefficient (Wildman–Crippen LogP) is 4.04. The third-order valence-corrected chi connectivity index (χ3v) is 11.3. The number of hydrogen-bond acceptors (Lipinski definition) is 6. The lowest BCUT2D eigenvalue weighted by Gasteiger charge is -2.56. The second-order valence-electron chi connectivity index (χ2n) is 13.2. The van der Waals surface area contributed by atoms with Crippen LogP contribution >= 0.6 is 0 Å². The summed E-state index contributed by atoms with van der Waals surface area (Å²) in [6.07, 6.45) is 10.7. The van der Waals surface area contributed by atoms with Gasteiger partial charge in [-0.15, -0.1) is 0 Å². The summed E-state index contributed by atoms with van der Waals surface area (Å²) < 4.78 is 17.3. The second kappa shape index (κ2) is 10.9. The molecule has 6 heteroatoms. The highest BCUT2D eigenvalue weighted by Crippen LogP contribution is 2.66. The fourth-order valence-corrected chi connectivity index (χ4v) is 9.48. The highest BCUT2D eigenvalue weighted by Gasteiger charge is 2.60. The van der Waals surface area contributed by atoms with Crippen LogP contribution in [0.15, 0.2) is 11.1 Å². The van der Waals surface area contributed by atoms with Crippen molar-refractivity contribution in [2.24, 2.45) is 35.0 Å². The molecule has 6 unspecified atom stereocenters. The van der Waals surface area contributed by atoms with Gasteiger partial charge in [0.25, 0.3) is 0 Å². The Morgan fingerprint density at radius 2 is 1.75 bits per heavy atom. The molecule has 0 amide bonds. The zero-order chi connectivity index (χ0) is 25.5. The summed E-state index contributed by atoms with van der Waals surface area (Å²) in [4.78, 5) is 2.40. The van der Waals surface area contributed by atoms with E-state index in [-0.39, 0.29) is 5.41 Å². The minimum Gasteiger partial charge on any atom is -0.390 e. The molecular formula is C30H51NO5. The van der Waals surface area contributed by atoms with Gasteiger partial charge in [-0.3, -0.25) is 0 Å². The molecule has 0 aromatic rings. The monoisotopic (exact) mass is 505 g/mol. The van der Waals surface area contributed by atoms with Gasteiger partial charge in [0.2, 0.25) is 0 Å². The van der Waals surface area contributed by atoms with Gasteiger partial charge < -0.3 is 29.3 Å². The van der Waals surface area contributed by atoms with Crippen LogP contribution in [0.3, 0.4) is 0 Å². The first-order valence-electron chi connectivity index (χ1n) is 14.7. The van der Waals surface area contributed by atoms with Crippen LogP contribution in [0.2, 0.25) is 0 Å². The molecule has 7 atom stereocenters. The molecule has 1 saturated heterocycles. The van der Waals surface area contributed by atoms with E-state index in [0.29, 0.717) is 68.7 Å². The van der Waals surface area contributed by atoms with Gasteiger partial charge in [-0.2, -0.15) is 0 Å². The first-order chi connectivity index (χ1) is 17.3. The zero-order valence-electron chi connectivity index (χ0n) is 23.2. The summed E-state index contributed by atoms with van der Waals surface area (Å²) in [5.41, 5.74) is 2.13. The van der Waals surface area contributed by atoms with Gasteiger partial charge in [0.15, 0.2) is 0 Å². The van der Waals surface area contributed by atoms with Gasteiger partial charge >= 0.3 is 0 Å². The van der Waals surface area contributed by atoms with Crippen LogP contribution in [-0.2, 0) is 14.2 Å². The Bertz CT molecular complexity index is 792. The van der Waals surface area contributed by atoms with E-state index >= 15 is 0 Å². The van der Waals surface area contributed by atoms with Crippen molar-refractivity contribution in [3.05, 3.63) is 11.1 Å². The molecule has 3 saturated carbocycles. The van der Waals surface area contributed by atoms with Crippen molar-refractivity contribution in [1.29, 1.82) is 0 Å². The Balaban J connectivity index is 1.54. The molecule has 6 nitrogen and oxygen atoms in total. The topological polar surface area (TPSA) is 71.4 Å². The number of allylic oxidation sites excluding steroid dienone is 1. The van der Waals surface area contributed by atoms with Crippen molar-refractivity contribution in [2.45, 2.75) is 88.9 Å². The van der Waals surface area contributed by atoms with Crippen LogP contribution in [0.4, 0.5) is 0 Å². The standard InChI is InChI=1S/C30H51NO5/c1-29-17-23(20-5-7-21(8-6-20)31(2)3)28-22(24(29)9-10-25(29)27(32)18-34-4)11-13-30(33)19-36-16-15-35-14-12-26(28)30/h20-25,27,32-33H,5-19H2,1-4H3/t20?,21?,22?,23?,24?,25?,27?,29?,30-/m1/s1. The van der Waals surface area contributed by atoms with Crippen molar-refractivity contribution >= 4 is 0 Å². The maximum absolute atomic E-state index is 12.0. The smallest absolute Gasteiger partial charge is 0.109 e. The van der Waals surface area contributed by atoms with E-state index in [0.717, 1.165) is 32.1 Å². The van der Waals surface area contributed by atoms with Gasteiger partial charge in [0.05, 0.1) is 39.1 Å². The normalized spacial score (nSPS) is 44.8. The molecule has 0 bridgehead atoms. The van der Waals surface area contributed by atoms with E-state index in [9.17, 15) is 10.2 Å². The Kier molecular flexibility index (Phi) is 8.23. The van der Waals surface area contributed by atoms with Crippen molar-refractivity contribution in [2.75, 3.05) is 54.2 Å². The summed E-state index contributed by atoms with van der Waals surface area (Å²) in [6, 6.07) is 0.680. The Morgan fingerprint density at radius 3 is 2.47 bits per heavy atom. The Morgan fingerprint density at radius 1 is 1.00 bits per heavy atom. The third kappa shape index (κ3) is 4.84. The molecule has 4 fully saturated rings. The van der Waals surface area contributed by atoms with Crippen molar-refractivity contribution in [3.8, 4) is 0 Å². The fraction of sp³-hybridized carbons (Fsp3) is 0.933. The largest absolute Gasteiger partial charge is 0.390 e. The maximum atomic E-state index is 12.0. The molecule has 0 spiro atoms. The summed E-state index contributed by atoms with van der Waals surface area (Å²) in [6.45, 7) is 5.17. The molecule has 4 aliphatic carbocycles. The SMILES string of the molecule is COCC(O)C1CCC2C3CC[C@@]4(O)COCCOCCC4=C3C(C3CCC(N(C)C)CC3)CC12C. The molecule has 5 rings (SSSR count). The molecule has 2 N–H and O–H groups in total. The highest BCUT2D eigenvalue weighted by atomic mass is 16.5. The molecule has 36 heavy (non-hydrogen) atoms. The maximum Gasteiger partial charge on any atom is 0.109 e. The minimum atomic E-state index is -0.847. The van der Waals surface area contributed by atoms with Gasteiger partial charge in [-0.25, -0.2) is 0 Å². The minimum absolute atomic E-state index is 0.122. The second-order valence-corrected chi connectivity index (χ2v) is 13.2. The lowest BCUT2D eigenvalue weighted by atomic mass is 9.49. The molecule has 0 radical (unpaired) electrons. The molecule has 0 aromatic carbocycles. The van der Waals surface area contributed by atoms with Gasteiger partial charge in [0.1, 0.15) is 5.60 Å². The molecule has 206 valence electrons. The van der Waals surface area contributed by atoms with Crippen molar-refractivity contribution in [1.82, 2.24) is 4.90 Å². The fourth-order valence-electron chi connectivity index (χ4n) is 9.48. The number of aliphatic hydroxyl groups is 2. The van der Waals surface area contributed by atoms with E-state index in [4.69, 9.17) is 14.2 Å². The van der Waals surface area contributed by atoms with Gasteiger partial charge in [-0.05, 0) is 119 Å². The number of methoxy groups -OCH3 is 1. The number of aliphatic hydroxyl groups excluding tert-OH is 1. The summed E-state index contributed by atoms with van der Waals surface area (Å²) in [5.74, 6) is 2.52. The lowest BCUT2D eigenvalue weighted by Crippen LogP contribution is -2.52. The first-order valence-corrected chi connectivity index (χ1v) is 14.7. The number of ether oxygens (including phenoxy) is 3. The van der Waals surface area contributed by atoms with E-state index in [2.05, 4.69) is 25.9 Å². The zero-order valence-corrected chi connectivity index (χ0v) is 23.2. The average Bonchev–Trinajstić information content (AvgIpc) is 3.24. The number of fused-ring (bicyclic) bond motifs is 4. The number of hydrogen-bond donors (Lipinski definition) is 2. The summed E-state index contributed by atoms with van der Waals surface area (Å²) >= 11 is 0. The van der Waals surface area contributed by atoms with E-state index in [1.165, 1.54) is 37.7 Å². The van der Waals surface area contributed by atoms with Crippen LogP contribution in [0, 0.1) is 35.0 Å². The van der Waals surface area contributed by atoms with Crippen LogP contribution < -0.4 is 0 Å². The average molecular weight is 506 g/mol. The van der Waals surface area contributed by atoms with E-state index in [1.807, 2.05) is 0 Å². The highest BCUT2D eigenvalue weighted by molar-refractivity contribution is 5.36. The third-order valence-electron chi connectivity index (χ3n) is 11.3. The van der Waals surface area contributed by atoms with Crippen LogP contribution in [-0.4, -0.2) is 87.1 Å². The Hall–Kier alpha value is -0.500.